The van der Waals surface area contributed by atoms with E-state index in [9.17, 15) is 35.8 Å². The molecule has 1 rings (SSSR count). The molecule has 0 bridgehead atoms. The summed E-state index contributed by atoms with van der Waals surface area (Å²) in [6, 6.07) is 5.54. The van der Waals surface area contributed by atoms with Crippen LogP contribution in [-0.2, 0) is 6.42 Å². The molecule has 1 N–H and O–H groups in total. The van der Waals surface area contributed by atoms with Gasteiger partial charge in [-0.1, -0.05) is 37.6 Å². The zero-order valence-electron chi connectivity index (χ0n) is 12.3. The number of rotatable bonds is 7. The summed E-state index contributed by atoms with van der Waals surface area (Å²) in [5.74, 6) is -11.6. The Balaban J connectivity index is 2.84. The van der Waals surface area contributed by atoms with Gasteiger partial charge in [-0.15, -0.1) is 0 Å². The average Bonchev–Trinajstić information content (AvgIpc) is 2.43. The highest BCUT2D eigenvalue weighted by Gasteiger charge is 2.72. The topological polar surface area (TPSA) is 20.2 Å². The SMILES string of the molecule is CCCCc1ccc(C(O)CC(F)(F)C(F)(F)C(F)(F)F)cc1. The van der Waals surface area contributed by atoms with E-state index in [1.807, 2.05) is 6.92 Å². The van der Waals surface area contributed by atoms with Gasteiger partial charge >= 0.3 is 18.0 Å². The lowest BCUT2D eigenvalue weighted by molar-refractivity contribution is -0.358. The summed E-state index contributed by atoms with van der Waals surface area (Å²) in [5.41, 5.74) is 0.720. The van der Waals surface area contributed by atoms with Gasteiger partial charge in [-0.25, -0.2) is 0 Å². The summed E-state index contributed by atoms with van der Waals surface area (Å²) in [6.07, 6.45) is -8.00. The molecule has 1 unspecified atom stereocenters. The van der Waals surface area contributed by atoms with Gasteiger partial charge in [0, 0.05) is 6.42 Å². The van der Waals surface area contributed by atoms with E-state index in [0.717, 1.165) is 24.8 Å². The molecule has 1 nitrogen and oxygen atoms in total. The van der Waals surface area contributed by atoms with Crippen LogP contribution in [0.2, 0.25) is 0 Å². The van der Waals surface area contributed by atoms with E-state index in [1.165, 1.54) is 24.3 Å². The van der Waals surface area contributed by atoms with Crippen molar-refractivity contribution in [2.45, 2.75) is 56.7 Å². The molecule has 1 atom stereocenters. The maximum atomic E-state index is 13.2. The summed E-state index contributed by atoms with van der Waals surface area (Å²) in [5, 5.41) is 9.57. The molecule has 0 heterocycles. The molecule has 0 aliphatic rings. The molecule has 23 heavy (non-hydrogen) atoms. The number of aliphatic hydroxyl groups excluding tert-OH is 1. The minimum atomic E-state index is -6.39. The van der Waals surface area contributed by atoms with Crippen LogP contribution < -0.4 is 0 Å². The van der Waals surface area contributed by atoms with E-state index in [1.54, 1.807) is 0 Å². The second kappa shape index (κ2) is 7.07. The quantitative estimate of drug-likeness (QED) is 0.666. The van der Waals surface area contributed by atoms with Crippen LogP contribution >= 0.6 is 0 Å². The number of aliphatic hydroxyl groups is 1. The molecule has 8 heteroatoms. The van der Waals surface area contributed by atoms with Crippen LogP contribution in [0.25, 0.3) is 0 Å². The first-order valence-electron chi connectivity index (χ1n) is 7.01. The Morgan fingerprint density at radius 1 is 0.957 bits per heavy atom. The second-order valence-electron chi connectivity index (χ2n) is 5.34. The summed E-state index contributed by atoms with van der Waals surface area (Å²) in [7, 11) is 0. The Morgan fingerprint density at radius 2 is 1.48 bits per heavy atom. The summed E-state index contributed by atoms with van der Waals surface area (Å²) in [4.78, 5) is 0. The molecule has 0 saturated heterocycles. The lowest BCUT2D eigenvalue weighted by atomic mass is 9.97. The molecule has 0 saturated carbocycles. The molecule has 0 amide bonds. The largest absolute Gasteiger partial charge is 0.459 e. The Hall–Kier alpha value is -1.31. The van der Waals surface area contributed by atoms with Gasteiger partial charge in [0.2, 0.25) is 0 Å². The maximum absolute atomic E-state index is 13.2. The molecule has 0 spiro atoms. The van der Waals surface area contributed by atoms with Gasteiger partial charge in [0.1, 0.15) is 0 Å². The van der Waals surface area contributed by atoms with Crippen LogP contribution in [0.3, 0.4) is 0 Å². The van der Waals surface area contributed by atoms with Crippen molar-refractivity contribution in [3.8, 4) is 0 Å². The van der Waals surface area contributed by atoms with Crippen LogP contribution in [0.5, 0.6) is 0 Å². The van der Waals surface area contributed by atoms with Gasteiger partial charge in [-0.05, 0) is 24.0 Å². The first-order chi connectivity index (χ1) is 10.4. The number of benzene rings is 1. The summed E-state index contributed by atoms with van der Waals surface area (Å²) in [6.45, 7) is 1.97. The zero-order valence-corrected chi connectivity index (χ0v) is 12.3. The lowest BCUT2D eigenvalue weighted by Gasteiger charge is -2.29. The molecular formula is C15H17F7O. The van der Waals surface area contributed by atoms with E-state index >= 15 is 0 Å². The first-order valence-corrected chi connectivity index (χ1v) is 7.01. The van der Waals surface area contributed by atoms with Gasteiger partial charge < -0.3 is 5.11 Å². The van der Waals surface area contributed by atoms with Crippen LogP contribution in [0.1, 0.15) is 43.4 Å². The minimum Gasteiger partial charge on any atom is -0.388 e. The van der Waals surface area contributed by atoms with E-state index in [0.29, 0.717) is 0 Å². The highest BCUT2D eigenvalue weighted by Crippen LogP contribution is 2.49. The smallest absolute Gasteiger partial charge is 0.388 e. The average molecular weight is 346 g/mol. The Morgan fingerprint density at radius 3 is 1.91 bits per heavy atom. The number of alkyl halides is 7. The third kappa shape index (κ3) is 4.59. The normalized spacial score (nSPS) is 14.8. The summed E-state index contributed by atoms with van der Waals surface area (Å²) < 4.78 is 88.2. The molecule has 0 aliphatic heterocycles. The van der Waals surface area contributed by atoms with Crippen LogP contribution in [0.4, 0.5) is 30.7 Å². The number of aryl methyl sites for hydroxylation is 1. The second-order valence-corrected chi connectivity index (χ2v) is 5.34. The molecule has 1 aromatic rings. The highest BCUT2D eigenvalue weighted by atomic mass is 19.4. The van der Waals surface area contributed by atoms with Gasteiger partial charge in [0.25, 0.3) is 0 Å². The fraction of sp³-hybridized carbons (Fsp3) is 0.600. The van der Waals surface area contributed by atoms with Gasteiger partial charge in [-0.3, -0.25) is 0 Å². The number of hydrogen-bond acceptors (Lipinski definition) is 1. The van der Waals surface area contributed by atoms with Crippen molar-refractivity contribution in [2.24, 2.45) is 0 Å². The first kappa shape index (κ1) is 19.7. The predicted molar refractivity (Wildman–Crippen MR) is 70.6 cm³/mol. The van der Waals surface area contributed by atoms with Crippen molar-refractivity contribution in [1.82, 2.24) is 0 Å². The molecule has 0 aromatic heterocycles. The van der Waals surface area contributed by atoms with Crippen molar-refractivity contribution in [3.63, 3.8) is 0 Å². The molecule has 0 aliphatic carbocycles. The predicted octanol–water partition coefficient (Wildman–Crippen LogP) is 5.29. The van der Waals surface area contributed by atoms with Gasteiger partial charge in [0.05, 0.1) is 6.10 Å². The van der Waals surface area contributed by atoms with Crippen molar-refractivity contribution >= 4 is 0 Å². The van der Waals surface area contributed by atoms with E-state index < -0.39 is 30.5 Å². The third-order valence-electron chi connectivity index (χ3n) is 3.45. The van der Waals surface area contributed by atoms with Crippen LogP contribution in [-0.4, -0.2) is 23.1 Å². The lowest BCUT2D eigenvalue weighted by Crippen LogP contribution is -2.52. The van der Waals surface area contributed by atoms with Gasteiger partial charge in [0.15, 0.2) is 0 Å². The highest BCUT2D eigenvalue weighted by molar-refractivity contribution is 5.24. The molecule has 1 aromatic carbocycles. The van der Waals surface area contributed by atoms with Crippen LogP contribution in [0.15, 0.2) is 24.3 Å². The number of hydrogen-bond donors (Lipinski definition) is 1. The zero-order chi connectivity index (χ0) is 17.9. The summed E-state index contributed by atoms with van der Waals surface area (Å²) >= 11 is 0. The van der Waals surface area contributed by atoms with Crippen molar-refractivity contribution in [2.75, 3.05) is 0 Å². The van der Waals surface area contributed by atoms with Gasteiger partial charge in [-0.2, -0.15) is 30.7 Å². The third-order valence-corrected chi connectivity index (χ3v) is 3.45. The molecule has 132 valence electrons. The standard InChI is InChI=1S/C15H17F7O/c1-2-3-4-10-5-7-11(8-6-10)12(23)9-13(16,17)14(18,19)15(20,21)22/h5-8,12,23H,2-4,9H2,1H3. The fourth-order valence-corrected chi connectivity index (χ4v) is 1.98. The monoisotopic (exact) mass is 346 g/mol. The number of unbranched alkanes of at least 4 members (excludes halogenated alkanes) is 1. The van der Waals surface area contributed by atoms with E-state index in [4.69, 9.17) is 0 Å². The van der Waals surface area contributed by atoms with Crippen molar-refractivity contribution in [1.29, 1.82) is 0 Å². The molecular weight excluding hydrogens is 329 g/mol. The van der Waals surface area contributed by atoms with E-state index in [-0.39, 0.29) is 5.56 Å². The molecule has 0 radical (unpaired) electrons. The molecule has 0 fully saturated rings. The Kier molecular flexibility index (Phi) is 6.06. The fourth-order valence-electron chi connectivity index (χ4n) is 1.98. The minimum absolute atomic E-state index is 0.136. The van der Waals surface area contributed by atoms with Crippen molar-refractivity contribution < 1.29 is 35.8 Å². The maximum Gasteiger partial charge on any atom is 0.459 e. The van der Waals surface area contributed by atoms with Crippen molar-refractivity contribution in [3.05, 3.63) is 35.4 Å². The van der Waals surface area contributed by atoms with E-state index in [2.05, 4.69) is 0 Å². The Bertz CT molecular complexity index is 494. The Labute approximate surface area is 129 Å². The van der Waals surface area contributed by atoms with Crippen LogP contribution in [0, 0.1) is 0 Å². The number of halogens is 7.